The summed E-state index contributed by atoms with van der Waals surface area (Å²) in [4.78, 5) is 12.3. The molecule has 0 saturated heterocycles. The molecule has 0 amide bonds. The molecule has 1 rings (SSSR count). The van der Waals surface area contributed by atoms with Crippen LogP contribution in [-0.4, -0.2) is 18.6 Å². The molecule has 0 spiro atoms. The van der Waals surface area contributed by atoms with Crippen LogP contribution in [0.3, 0.4) is 0 Å². The Labute approximate surface area is 99.7 Å². The Morgan fingerprint density at radius 1 is 1.56 bits per heavy atom. The number of halogens is 1. The zero-order valence-electron chi connectivity index (χ0n) is 9.76. The lowest BCUT2D eigenvalue weighted by Gasteiger charge is -2.16. The van der Waals surface area contributed by atoms with Crippen molar-refractivity contribution >= 4 is 17.5 Å². The van der Waals surface area contributed by atoms with E-state index in [2.05, 4.69) is 5.32 Å². The molecule has 0 aromatic rings. The Bertz CT molecular complexity index is 382. The van der Waals surface area contributed by atoms with E-state index in [1.54, 1.807) is 32.7 Å². The highest BCUT2D eigenvalue weighted by Crippen LogP contribution is 2.34. The Morgan fingerprint density at radius 2 is 2.25 bits per heavy atom. The fraction of sp³-hybridized carbons (Fsp3) is 0.417. The van der Waals surface area contributed by atoms with Crippen molar-refractivity contribution in [3.05, 3.63) is 34.2 Å². The van der Waals surface area contributed by atoms with E-state index in [0.29, 0.717) is 17.6 Å². The Kier molecular flexibility index (Phi) is 4.80. The summed E-state index contributed by atoms with van der Waals surface area (Å²) >= 11 is 1.55. The minimum Gasteiger partial charge on any atom is -0.394 e. The number of hydrogen-bond acceptors (Lipinski definition) is 3. The average molecular weight is 241 g/mol. The molecule has 1 aliphatic rings. The first-order valence-electron chi connectivity index (χ1n) is 5.15. The maximum absolute atomic E-state index is 13.7. The van der Waals surface area contributed by atoms with E-state index < -0.39 is 0 Å². The van der Waals surface area contributed by atoms with Gasteiger partial charge in [-0.05, 0) is 31.7 Å². The molecule has 2 nitrogen and oxygen atoms in total. The highest BCUT2D eigenvalue weighted by Gasteiger charge is 2.19. The molecule has 1 heterocycles. The number of thioether (sulfide) groups is 1. The third-order valence-corrected chi connectivity index (χ3v) is 3.74. The first kappa shape index (κ1) is 13.0. The summed E-state index contributed by atoms with van der Waals surface area (Å²) in [5, 5.41) is 2.73. The van der Waals surface area contributed by atoms with Crippen molar-refractivity contribution < 1.29 is 9.18 Å². The number of rotatable bonds is 3. The lowest BCUT2D eigenvalue weighted by molar-refractivity contribution is -0.115. The fourth-order valence-corrected chi connectivity index (χ4v) is 2.58. The number of Topliss-reactive ketones (excluding diaryl/α,β-unsaturated/α-hetero) is 1. The van der Waals surface area contributed by atoms with Crippen LogP contribution >= 0.6 is 11.8 Å². The summed E-state index contributed by atoms with van der Waals surface area (Å²) in [6, 6.07) is 0. The van der Waals surface area contributed by atoms with Crippen molar-refractivity contribution in [2.24, 2.45) is 0 Å². The molecule has 1 aliphatic heterocycles. The molecule has 0 fully saturated rings. The zero-order chi connectivity index (χ0) is 12.1. The number of ketones is 1. The molecule has 0 unspecified atom stereocenters. The fourth-order valence-electron chi connectivity index (χ4n) is 1.45. The summed E-state index contributed by atoms with van der Waals surface area (Å²) in [7, 11) is 1.71. The monoisotopic (exact) mass is 241 g/mol. The Hall–Kier alpha value is -1.03. The third kappa shape index (κ3) is 2.98. The average Bonchev–Trinajstić information content (AvgIpc) is 2.28. The van der Waals surface area contributed by atoms with Crippen molar-refractivity contribution in [3.63, 3.8) is 0 Å². The van der Waals surface area contributed by atoms with Gasteiger partial charge in [-0.3, -0.25) is 4.79 Å². The van der Waals surface area contributed by atoms with Gasteiger partial charge in [0.05, 0.1) is 0 Å². The molecule has 88 valence electrons. The van der Waals surface area contributed by atoms with Gasteiger partial charge in [0, 0.05) is 29.7 Å². The number of allylic oxidation sites excluding steroid dienone is 4. The molecule has 4 heteroatoms. The smallest absolute Gasteiger partial charge is 0.160 e. The standard InChI is InChI=1S/C12H16FNOS/c1-8(10(13)4-6-14-3)12-9(2)11(15)5-7-16-12/h4,6,14H,5,7H2,1-3H3/b6-4+,10-8+. The van der Waals surface area contributed by atoms with Gasteiger partial charge in [0.1, 0.15) is 5.83 Å². The van der Waals surface area contributed by atoms with Crippen LogP contribution in [-0.2, 0) is 4.79 Å². The van der Waals surface area contributed by atoms with Gasteiger partial charge < -0.3 is 5.32 Å². The lowest BCUT2D eigenvalue weighted by atomic mass is 10.1. The Morgan fingerprint density at radius 3 is 2.88 bits per heavy atom. The van der Waals surface area contributed by atoms with Crippen LogP contribution in [0.15, 0.2) is 34.2 Å². The predicted octanol–water partition coefficient (Wildman–Crippen LogP) is 2.94. The molecule has 0 aliphatic carbocycles. The second-order valence-electron chi connectivity index (χ2n) is 3.57. The van der Waals surface area contributed by atoms with Crippen molar-refractivity contribution in [2.75, 3.05) is 12.8 Å². The molecule has 0 bridgehead atoms. The molecule has 0 radical (unpaired) electrons. The van der Waals surface area contributed by atoms with Crippen LogP contribution in [0.1, 0.15) is 20.3 Å². The van der Waals surface area contributed by atoms with E-state index in [1.165, 1.54) is 12.3 Å². The number of carbonyl (C=O) groups excluding carboxylic acids is 1. The van der Waals surface area contributed by atoms with Crippen molar-refractivity contribution in [1.29, 1.82) is 0 Å². The molecule has 0 saturated carbocycles. The second kappa shape index (κ2) is 5.89. The van der Waals surface area contributed by atoms with Gasteiger partial charge in [-0.2, -0.15) is 0 Å². The molecule has 0 aromatic carbocycles. The Balaban J connectivity index is 3.04. The van der Waals surface area contributed by atoms with Gasteiger partial charge in [-0.25, -0.2) is 4.39 Å². The second-order valence-corrected chi connectivity index (χ2v) is 4.68. The molecule has 16 heavy (non-hydrogen) atoms. The highest BCUT2D eigenvalue weighted by atomic mass is 32.2. The zero-order valence-corrected chi connectivity index (χ0v) is 10.6. The first-order valence-corrected chi connectivity index (χ1v) is 6.14. The molecule has 1 N–H and O–H groups in total. The molecular formula is C12H16FNOS. The van der Waals surface area contributed by atoms with E-state index in [-0.39, 0.29) is 11.6 Å². The summed E-state index contributed by atoms with van der Waals surface area (Å²) < 4.78 is 13.7. The van der Waals surface area contributed by atoms with Gasteiger partial charge in [-0.1, -0.05) is 0 Å². The minimum absolute atomic E-state index is 0.124. The van der Waals surface area contributed by atoms with Crippen LogP contribution in [0, 0.1) is 0 Å². The number of carbonyl (C=O) groups is 1. The van der Waals surface area contributed by atoms with Crippen LogP contribution in [0.5, 0.6) is 0 Å². The quantitative estimate of drug-likeness (QED) is 0.770. The van der Waals surface area contributed by atoms with Crippen molar-refractivity contribution in [2.45, 2.75) is 20.3 Å². The van der Waals surface area contributed by atoms with Gasteiger partial charge in [0.25, 0.3) is 0 Å². The van der Waals surface area contributed by atoms with Crippen molar-refractivity contribution in [1.82, 2.24) is 5.32 Å². The first-order chi connectivity index (χ1) is 7.57. The summed E-state index contributed by atoms with van der Waals surface area (Å²) in [6.45, 7) is 3.47. The summed E-state index contributed by atoms with van der Waals surface area (Å²) in [5.74, 6) is 0.565. The van der Waals surface area contributed by atoms with Crippen LogP contribution in [0.4, 0.5) is 4.39 Å². The van der Waals surface area contributed by atoms with Gasteiger partial charge >= 0.3 is 0 Å². The number of nitrogens with one attached hydrogen (secondary N) is 1. The molecule has 0 aromatic heterocycles. The summed E-state index contributed by atoms with van der Waals surface area (Å²) in [5.41, 5.74) is 1.23. The maximum atomic E-state index is 13.7. The van der Waals surface area contributed by atoms with Crippen LogP contribution in [0.2, 0.25) is 0 Å². The van der Waals surface area contributed by atoms with Gasteiger partial charge in [0.15, 0.2) is 5.78 Å². The molecular weight excluding hydrogens is 225 g/mol. The van der Waals surface area contributed by atoms with Gasteiger partial charge in [0.2, 0.25) is 0 Å². The van der Waals surface area contributed by atoms with E-state index in [4.69, 9.17) is 0 Å². The largest absolute Gasteiger partial charge is 0.394 e. The maximum Gasteiger partial charge on any atom is 0.160 e. The topological polar surface area (TPSA) is 29.1 Å². The van der Waals surface area contributed by atoms with Gasteiger partial charge in [-0.15, -0.1) is 11.8 Å². The number of hydrogen-bond donors (Lipinski definition) is 1. The van der Waals surface area contributed by atoms with E-state index >= 15 is 0 Å². The predicted molar refractivity (Wildman–Crippen MR) is 66.8 cm³/mol. The van der Waals surface area contributed by atoms with E-state index in [0.717, 1.165) is 10.7 Å². The van der Waals surface area contributed by atoms with Crippen molar-refractivity contribution in [3.8, 4) is 0 Å². The van der Waals surface area contributed by atoms with E-state index in [1.807, 2.05) is 0 Å². The minimum atomic E-state index is -0.300. The van der Waals surface area contributed by atoms with Crippen LogP contribution in [0.25, 0.3) is 0 Å². The third-order valence-electron chi connectivity index (χ3n) is 2.43. The SMILES string of the molecule is CN/C=C/C(F)=C(/C)C1=C(C)C(=O)CCS1. The van der Waals surface area contributed by atoms with Crippen LogP contribution < -0.4 is 5.32 Å². The lowest BCUT2D eigenvalue weighted by Crippen LogP contribution is -2.09. The summed E-state index contributed by atoms with van der Waals surface area (Å²) in [6.07, 6.45) is 3.46. The normalized spacial score (nSPS) is 19.1. The highest BCUT2D eigenvalue weighted by molar-refractivity contribution is 8.03. The molecule has 0 atom stereocenters. The van der Waals surface area contributed by atoms with E-state index in [9.17, 15) is 9.18 Å².